The first-order chi connectivity index (χ1) is 4.29. The molecule has 0 amide bonds. The van der Waals surface area contributed by atoms with Gasteiger partial charge in [-0.3, -0.25) is 0 Å². The summed E-state index contributed by atoms with van der Waals surface area (Å²) in [5.74, 6) is 1.10. The van der Waals surface area contributed by atoms with Gasteiger partial charge in [-0.25, -0.2) is 0 Å². The topological polar surface area (TPSA) is 0 Å². The van der Waals surface area contributed by atoms with E-state index < -0.39 is 0 Å². The zero-order valence-electron chi connectivity index (χ0n) is 5.70. The summed E-state index contributed by atoms with van der Waals surface area (Å²) >= 11 is 3.83. The third-order valence-electron chi connectivity index (χ3n) is 3.00. The molecule has 0 spiro atoms. The van der Waals surface area contributed by atoms with Crippen molar-refractivity contribution in [2.45, 2.75) is 42.8 Å². The van der Waals surface area contributed by atoms with Gasteiger partial charge in [-0.1, -0.05) is 15.9 Å². The highest BCUT2D eigenvalue weighted by atomic mass is 79.9. The molecular formula is C8H13Br. The molecule has 0 aromatic carbocycles. The third-order valence-corrected chi connectivity index (χ3v) is 4.19. The fourth-order valence-corrected chi connectivity index (χ4v) is 2.88. The number of halogens is 1. The lowest BCUT2D eigenvalue weighted by molar-refractivity contribution is 0.207. The minimum absolute atomic E-state index is 0.599. The Morgan fingerprint density at radius 3 is 1.67 bits per heavy atom. The lowest BCUT2D eigenvalue weighted by Gasteiger charge is -2.42. The van der Waals surface area contributed by atoms with Gasteiger partial charge in [0, 0.05) is 4.32 Å². The van der Waals surface area contributed by atoms with Crippen molar-refractivity contribution in [2.24, 2.45) is 5.92 Å². The summed E-state index contributed by atoms with van der Waals surface area (Å²) in [5.41, 5.74) is 0. The van der Waals surface area contributed by atoms with E-state index in [0.29, 0.717) is 4.32 Å². The predicted molar refractivity (Wildman–Crippen MR) is 42.9 cm³/mol. The van der Waals surface area contributed by atoms with Crippen LogP contribution in [0.15, 0.2) is 0 Å². The monoisotopic (exact) mass is 188 g/mol. The molecule has 3 saturated carbocycles. The minimum atomic E-state index is 0.599. The molecule has 9 heavy (non-hydrogen) atoms. The van der Waals surface area contributed by atoms with Crippen LogP contribution in [-0.4, -0.2) is 4.32 Å². The first kappa shape index (κ1) is 6.21. The molecule has 3 aliphatic carbocycles. The number of fused-ring (bicyclic) bond motifs is 3. The van der Waals surface area contributed by atoms with E-state index in [9.17, 15) is 0 Å². The molecule has 0 unspecified atom stereocenters. The van der Waals surface area contributed by atoms with Crippen molar-refractivity contribution in [2.75, 3.05) is 0 Å². The van der Waals surface area contributed by atoms with Crippen molar-refractivity contribution >= 4 is 15.9 Å². The van der Waals surface area contributed by atoms with Crippen molar-refractivity contribution < 1.29 is 0 Å². The maximum absolute atomic E-state index is 3.83. The smallest absolute Gasteiger partial charge is 0.0258 e. The van der Waals surface area contributed by atoms with Crippen LogP contribution >= 0.6 is 15.9 Å². The normalized spacial score (nSPS) is 49.7. The molecule has 0 aromatic rings. The van der Waals surface area contributed by atoms with Crippen molar-refractivity contribution in [1.82, 2.24) is 0 Å². The lowest BCUT2D eigenvalue weighted by atomic mass is 9.71. The van der Waals surface area contributed by atoms with Crippen LogP contribution in [-0.2, 0) is 0 Å². The maximum Gasteiger partial charge on any atom is 0.0258 e. The van der Waals surface area contributed by atoms with Crippen LogP contribution < -0.4 is 0 Å². The molecule has 0 heterocycles. The van der Waals surface area contributed by atoms with Gasteiger partial charge in [0.05, 0.1) is 0 Å². The molecular weight excluding hydrogens is 176 g/mol. The largest absolute Gasteiger partial charge is 0.0853 e. The summed E-state index contributed by atoms with van der Waals surface area (Å²) < 4.78 is 0.599. The molecule has 0 radical (unpaired) electrons. The van der Waals surface area contributed by atoms with Gasteiger partial charge in [-0.15, -0.1) is 0 Å². The van der Waals surface area contributed by atoms with Crippen LogP contribution in [0.2, 0.25) is 0 Å². The highest BCUT2D eigenvalue weighted by Gasteiger charge is 2.37. The van der Waals surface area contributed by atoms with Crippen molar-refractivity contribution in [3.05, 3.63) is 0 Å². The Hall–Kier alpha value is 0.480. The van der Waals surface area contributed by atoms with E-state index >= 15 is 0 Å². The number of hydrogen-bond acceptors (Lipinski definition) is 0. The molecule has 3 fully saturated rings. The first-order valence-corrected chi connectivity index (χ1v) is 4.77. The van der Waals surface area contributed by atoms with E-state index in [1.54, 1.807) is 0 Å². The van der Waals surface area contributed by atoms with E-state index in [2.05, 4.69) is 15.9 Å². The predicted octanol–water partition coefficient (Wildman–Crippen LogP) is 3.10. The molecule has 0 atom stereocenters. The standard InChI is InChI=1S/C8H13Br/c9-8-4-1-7(2-5-8)3-6-8/h7H,1-6H2. The molecule has 3 aliphatic rings. The van der Waals surface area contributed by atoms with Gasteiger partial charge < -0.3 is 0 Å². The Kier molecular flexibility index (Phi) is 1.37. The summed E-state index contributed by atoms with van der Waals surface area (Å²) in [5, 5.41) is 0. The van der Waals surface area contributed by atoms with E-state index in [0.717, 1.165) is 5.92 Å². The molecule has 0 saturated heterocycles. The summed E-state index contributed by atoms with van der Waals surface area (Å²) in [6, 6.07) is 0. The van der Waals surface area contributed by atoms with Gasteiger partial charge >= 0.3 is 0 Å². The molecule has 0 N–H and O–H groups in total. The third kappa shape index (κ3) is 1.04. The summed E-state index contributed by atoms with van der Waals surface area (Å²) in [6.07, 6.45) is 8.80. The molecule has 0 aromatic heterocycles. The fraction of sp³-hybridized carbons (Fsp3) is 1.00. The van der Waals surface area contributed by atoms with Crippen molar-refractivity contribution in [3.63, 3.8) is 0 Å². The van der Waals surface area contributed by atoms with Gasteiger partial charge in [0.1, 0.15) is 0 Å². The average Bonchev–Trinajstić information content (AvgIpc) is 1.90. The van der Waals surface area contributed by atoms with Crippen LogP contribution in [0, 0.1) is 5.92 Å². The molecule has 3 rings (SSSR count). The SMILES string of the molecule is BrC12CCC(CC1)CC2. The van der Waals surface area contributed by atoms with Crippen LogP contribution in [0.25, 0.3) is 0 Å². The Bertz CT molecular complexity index is 98.0. The molecule has 0 nitrogen and oxygen atoms in total. The maximum atomic E-state index is 3.83. The summed E-state index contributed by atoms with van der Waals surface area (Å²) in [7, 11) is 0. The van der Waals surface area contributed by atoms with Gasteiger partial charge in [0.2, 0.25) is 0 Å². The second-order valence-corrected chi connectivity index (χ2v) is 5.32. The summed E-state index contributed by atoms with van der Waals surface area (Å²) in [4.78, 5) is 0. The second kappa shape index (κ2) is 1.98. The molecule has 52 valence electrons. The second-order valence-electron chi connectivity index (χ2n) is 3.63. The van der Waals surface area contributed by atoms with Crippen LogP contribution in [0.1, 0.15) is 38.5 Å². The van der Waals surface area contributed by atoms with E-state index in [1.807, 2.05) is 0 Å². The number of rotatable bonds is 0. The Balaban J connectivity index is 2.11. The van der Waals surface area contributed by atoms with Crippen LogP contribution in [0.5, 0.6) is 0 Å². The Morgan fingerprint density at radius 1 is 1.00 bits per heavy atom. The van der Waals surface area contributed by atoms with Gasteiger partial charge in [0.25, 0.3) is 0 Å². The molecule has 1 heteroatoms. The van der Waals surface area contributed by atoms with Gasteiger partial charge in [-0.05, 0) is 44.4 Å². The zero-order chi connectivity index (χ0) is 6.32. The summed E-state index contributed by atoms with van der Waals surface area (Å²) in [6.45, 7) is 0. The van der Waals surface area contributed by atoms with Crippen LogP contribution in [0.3, 0.4) is 0 Å². The highest BCUT2D eigenvalue weighted by molar-refractivity contribution is 9.10. The van der Waals surface area contributed by atoms with Gasteiger partial charge in [0.15, 0.2) is 0 Å². The highest BCUT2D eigenvalue weighted by Crippen LogP contribution is 2.49. The molecule has 0 aliphatic heterocycles. The number of hydrogen-bond donors (Lipinski definition) is 0. The average molecular weight is 189 g/mol. The quantitative estimate of drug-likeness (QED) is 0.513. The van der Waals surface area contributed by atoms with Crippen molar-refractivity contribution in [3.8, 4) is 0 Å². The van der Waals surface area contributed by atoms with Crippen LogP contribution in [0.4, 0.5) is 0 Å². The van der Waals surface area contributed by atoms with E-state index in [1.165, 1.54) is 38.5 Å². The van der Waals surface area contributed by atoms with E-state index in [-0.39, 0.29) is 0 Å². The van der Waals surface area contributed by atoms with Crippen molar-refractivity contribution in [1.29, 1.82) is 0 Å². The van der Waals surface area contributed by atoms with Gasteiger partial charge in [-0.2, -0.15) is 0 Å². The first-order valence-electron chi connectivity index (χ1n) is 3.97. The fourth-order valence-electron chi connectivity index (χ4n) is 2.20. The lowest BCUT2D eigenvalue weighted by Crippen LogP contribution is -2.34. The molecule has 2 bridgehead atoms. The minimum Gasteiger partial charge on any atom is -0.0853 e. The zero-order valence-corrected chi connectivity index (χ0v) is 7.28. The number of alkyl halides is 1. The Morgan fingerprint density at radius 2 is 1.44 bits per heavy atom. The Labute approximate surface area is 65.1 Å². The van der Waals surface area contributed by atoms with E-state index in [4.69, 9.17) is 0 Å².